The zero-order valence-corrected chi connectivity index (χ0v) is 20.3. The molecular weight excluding hydrogens is 440 g/mol. The fourth-order valence-electron chi connectivity index (χ4n) is 3.98. The van der Waals surface area contributed by atoms with Crippen molar-refractivity contribution in [2.24, 2.45) is 12.0 Å². The Morgan fingerprint density at radius 1 is 0.912 bits per heavy atom. The van der Waals surface area contributed by atoms with E-state index in [0.29, 0.717) is 10.1 Å². The number of aryl methyl sites for hydroxylation is 3. The van der Waals surface area contributed by atoms with Crippen LogP contribution in [0.25, 0.3) is 17.1 Å². The number of carbonyl (C=O) groups is 1. The highest BCUT2D eigenvalue weighted by Gasteiger charge is 2.35. The minimum atomic E-state index is -0.0924. The molecule has 0 aliphatic carbocycles. The molecule has 4 aromatic rings. The number of amides is 1. The number of rotatable bonds is 5. The van der Waals surface area contributed by atoms with Crippen LogP contribution in [-0.2, 0) is 24.7 Å². The summed E-state index contributed by atoms with van der Waals surface area (Å²) in [6.45, 7) is 4.25. The summed E-state index contributed by atoms with van der Waals surface area (Å²) in [4.78, 5) is 25.5. The number of aliphatic imine (C=N–C) groups is 1. The minimum Gasteiger partial charge on any atom is -0.328 e. The summed E-state index contributed by atoms with van der Waals surface area (Å²) < 4.78 is 2.01. The van der Waals surface area contributed by atoms with Crippen LogP contribution in [0.1, 0.15) is 30.8 Å². The van der Waals surface area contributed by atoms with Crippen molar-refractivity contribution in [2.45, 2.75) is 26.7 Å². The molecule has 0 saturated carbocycles. The Bertz CT molecular complexity index is 1420. The quantitative estimate of drug-likeness (QED) is 0.315. The number of hydrogen-bond acceptors (Lipinski definition) is 4. The third kappa shape index (κ3) is 4.17. The molecule has 6 heteroatoms. The van der Waals surface area contributed by atoms with Crippen molar-refractivity contribution in [1.82, 2.24) is 9.55 Å². The zero-order valence-electron chi connectivity index (χ0n) is 19.5. The normalized spacial score (nSPS) is 16.3. The lowest BCUT2D eigenvalue weighted by molar-refractivity contribution is -0.113. The van der Waals surface area contributed by atoms with Gasteiger partial charge in [0.25, 0.3) is 5.91 Å². The average molecular weight is 467 g/mol. The van der Waals surface area contributed by atoms with E-state index in [0.717, 1.165) is 41.1 Å². The van der Waals surface area contributed by atoms with E-state index in [2.05, 4.69) is 38.1 Å². The second-order valence-electron chi connectivity index (χ2n) is 8.20. The Morgan fingerprint density at radius 2 is 1.56 bits per heavy atom. The van der Waals surface area contributed by atoms with Gasteiger partial charge in [0.1, 0.15) is 5.82 Å². The van der Waals surface area contributed by atoms with Gasteiger partial charge in [-0.15, -0.1) is 0 Å². The number of imidazole rings is 1. The summed E-state index contributed by atoms with van der Waals surface area (Å²) in [5.41, 5.74) is 6.06. The van der Waals surface area contributed by atoms with Gasteiger partial charge in [-0.1, -0.05) is 50.2 Å². The Morgan fingerprint density at radius 3 is 2.21 bits per heavy atom. The van der Waals surface area contributed by atoms with Crippen LogP contribution in [-0.4, -0.2) is 20.6 Å². The molecule has 1 amide bonds. The molecular formula is C28H26N4OS. The molecule has 1 aliphatic heterocycles. The number of para-hydroxylation sites is 2. The van der Waals surface area contributed by atoms with E-state index in [9.17, 15) is 4.79 Å². The number of amidine groups is 1. The Balaban J connectivity index is 1.57. The van der Waals surface area contributed by atoms with E-state index >= 15 is 0 Å². The summed E-state index contributed by atoms with van der Waals surface area (Å²) in [5.74, 6) is 0.650. The van der Waals surface area contributed by atoms with Crippen LogP contribution in [0.3, 0.4) is 0 Å². The standard InChI is InChI=1S/C28H26N4OS/c1-4-19-10-14-21(15-11-19)29-28-32(22-16-12-20(5-2)13-17-22)27(33)25(34-28)18-26-30-23-8-6-7-9-24(23)31(26)3/h6-18H,4-5H2,1-3H3/b25-18+,29-28?. The fraction of sp³-hybridized carbons (Fsp3) is 0.179. The van der Waals surface area contributed by atoms with Gasteiger partial charge in [0.15, 0.2) is 5.17 Å². The average Bonchev–Trinajstić information content (AvgIpc) is 3.35. The highest BCUT2D eigenvalue weighted by atomic mass is 32.2. The Kier molecular flexibility index (Phi) is 6.07. The van der Waals surface area contributed by atoms with E-state index in [1.807, 2.05) is 66.2 Å². The number of nitrogens with zero attached hydrogens (tertiary/aromatic N) is 4. The van der Waals surface area contributed by atoms with E-state index in [1.54, 1.807) is 4.90 Å². The second-order valence-corrected chi connectivity index (χ2v) is 9.21. The Labute approximate surface area is 203 Å². The van der Waals surface area contributed by atoms with Gasteiger partial charge in [0, 0.05) is 13.1 Å². The van der Waals surface area contributed by atoms with Gasteiger partial charge in [0.2, 0.25) is 0 Å². The predicted octanol–water partition coefficient (Wildman–Crippen LogP) is 6.51. The van der Waals surface area contributed by atoms with Crippen molar-refractivity contribution in [2.75, 3.05) is 4.90 Å². The maximum atomic E-state index is 13.6. The van der Waals surface area contributed by atoms with Gasteiger partial charge in [-0.2, -0.15) is 0 Å². The largest absolute Gasteiger partial charge is 0.328 e. The molecule has 5 rings (SSSR count). The first-order valence-corrected chi connectivity index (χ1v) is 12.3. The molecule has 1 aromatic heterocycles. The topological polar surface area (TPSA) is 50.5 Å². The lowest BCUT2D eigenvalue weighted by atomic mass is 10.1. The van der Waals surface area contributed by atoms with Crippen molar-refractivity contribution in [3.63, 3.8) is 0 Å². The highest BCUT2D eigenvalue weighted by molar-refractivity contribution is 8.19. The third-order valence-electron chi connectivity index (χ3n) is 6.06. The lowest BCUT2D eigenvalue weighted by Gasteiger charge is -2.16. The SMILES string of the molecule is CCc1ccc(N=C2S/C(=C/c3nc4ccccc4n3C)C(=O)N2c2ccc(CC)cc2)cc1. The monoisotopic (exact) mass is 466 g/mol. The van der Waals surface area contributed by atoms with Crippen molar-refractivity contribution in [3.05, 3.63) is 94.7 Å². The van der Waals surface area contributed by atoms with Crippen molar-refractivity contribution < 1.29 is 4.79 Å². The van der Waals surface area contributed by atoms with Gasteiger partial charge < -0.3 is 4.57 Å². The number of hydrogen-bond donors (Lipinski definition) is 0. The van der Waals surface area contributed by atoms with Gasteiger partial charge in [-0.3, -0.25) is 9.69 Å². The second kappa shape index (κ2) is 9.31. The highest BCUT2D eigenvalue weighted by Crippen LogP contribution is 2.37. The molecule has 0 N–H and O–H groups in total. The maximum absolute atomic E-state index is 13.6. The van der Waals surface area contributed by atoms with Crippen molar-refractivity contribution in [3.8, 4) is 0 Å². The van der Waals surface area contributed by atoms with Crippen LogP contribution in [0.15, 0.2) is 82.7 Å². The fourth-order valence-corrected chi connectivity index (χ4v) is 4.95. The van der Waals surface area contributed by atoms with Crippen LogP contribution in [0, 0.1) is 0 Å². The van der Waals surface area contributed by atoms with Gasteiger partial charge >= 0.3 is 0 Å². The minimum absolute atomic E-state index is 0.0924. The van der Waals surface area contributed by atoms with E-state index in [4.69, 9.17) is 9.98 Å². The molecule has 0 atom stereocenters. The Hall–Kier alpha value is -3.64. The molecule has 170 valence electrons. The molecule has 34 heavy (non-hydrogen) atoms. The molecule has 3 aromatic carbocycles. The number of anilines is 1. The van der Waals surface area contributed by atoms with Crippen LogP contribution in [0.4, 0.5) is 11.4 Å². The first kappa shape index (κ1) is 22.2. The molecule has 1 saturated heterocycles. The van der Waals surface area contributed by atoms with Crippen molar-refractivity contribution >= 4 is 51.3 Å². The molecule has 1 fully saturated rings. The molecule has 0 radical (unpaired) electrons. The molecule has 0 unspecified atom stereocenters. The first-order valence-electron chi connectivity index (χ1n) is 11.5. The van der Waals surface area contributed by atoms with Gasteiger partial charge in [0.05, 0.1) is 27.3 Å². The molecule has 2 heterocycles. The number of carbonyl (C=O) groups excluding carboxylic acids is 1. The summed E-state index contributed by atoms with van der Waals surface area (Å²) >= 11 is 1.38. The predicted molar refractivity (Wildman–Crippen MR) is 143 cm³/mol. The summed E-state index contributed by atoms with van der Waals surface area (Å²) in [6.07, 6.45) is 3.79. The lowest BCUT2D eigenvalue weighted by Crippen LogP contribution is -2.28. The zero-order chi connectivity index (χ0) is 23.7. The number of benzene rings is 3. The first-order chi connectivity index (χ1) is 16.6. The molecule has 0 spiro atoms. The third-order valence-corrected chi connectivity index (χ3v) is 7.03. The van der Waals surface area contributed by atoms with Gasteiger partial charge in [-0.05, 0) is 72.1 Å². The van der Waals surface area contributed by atoms with E-state index in [1.165, 1.54) is 22.9 Å². The smallest absolute Gasteiger partial charge is 0.271 e. The summed E-state index contributed by atoms with van der Waals surface area (Å²) in [7, 11) is 1.97. The number of aromatic nitrogens is 2. The van der Waals surface area contributed by atoms with Crippen LogP contribution < -0.4 is 4.90 Å². The summed E-state index contributed by atoms with van der Waals surface area (Å²) in [5, 5.41) is 0.642. The van der Waals surface area contributed by atoms with Crippen molar-refractivity contribution in [1.29, 1.82) is 0 Å². The van der Waals surface area contributed by atoms with E-state index < -0.39 is 0 Å². The molecule has 0 bridgehead atoms. The number of fused-ring (bicyclic) bond motifs is 1. The van der Waals surface area contributed by atoms with Crippen LogP contribution >= 0.6 is 11.8 Å². The number of thioether (sulfide) groups is 1. The maximum Gasteiger partial charge on any atom is 0.271 e. The van der Waals surface area contributed by atoms with Gasteiger partial charge in [-0.25, -0.2) is 9.98 Å². The van der Waals surface area contributed by atoms with E-state index in [-0.39, 0.29) is 5.91 Å². The molecule has 5 nitrogen and oxygen atoms in total. The van der Waals surface area contributed by atoms with Crippen LogP contribution in [0.2, 0.25) is 0 Å². The van der Waals surface area contributed by atoms with Crippen LogP contribution in [0.5, 0.6) is 0 Å². The molecule has 1 aliphatic rings. The summed E-state index contributed by atoms with van der Waals surface area (Å²) in [6, 6.07) is 24.3.